The third kappa shape index (κ3) is 3.88. The van der Waals surface area contributed by atoms with Crippen molar-refractivity contribution < 1.29 is 13.9 Å². The van der Waals surface area contributed by atoms with Gasteiger partial charge in [0.15, 0.2) is 0 Å². The first-order valence-corrected chi connectivity index (χ1v) is 6.56. The van der Waals surface area contributed by atoms with Gasteiger partial charge in [0.2, 0.25) is 5.76 Å². The standard InChI is InChI=1S/C14H23NO3/c1-5-7-11(6-2)15-10(3)12-8-9-13(18-12)14(16)17-4/h8-11,15H,5-7H2,1-4H3. The van der Waals surface area contributed by atoms with Gasteiger partial charge in [0.25, 0.3) is 0 Å². The molecule has 1 heterocycles. The van der Waals surface area contributed by atoms with E-state index < -0.39 is 5.97 Å². The van der Waals surface area contributed by atoms with E-state index in [0.29, 0.717) is 6.04 Å². The summed E-state index contributed by atoms with van der Waals surface area (Å²) in [5.41, 5.74) is 0. The Kier molecular flexibility index (Phi) is 5.92. The largest absolute Gasteiger partial charge is 0.463 e. The summed E-state index contributed by atoms with van der Waals surface area (Å²) in [6.07, 6.45) is 3.39. The third-order valence-corrected chi connectivity index (χ3v) is 3.06. The third-order valence-electron chi connectivity index (χ3n) is 3.06. The molecule has 1 rings (SSSR count). The molecule has 0 aliphatic carbocycles. The van der Waals surface area contributed by atoms with E-state index in [-0.39, 0.29) is 11.8 Å². The average molecular weight is 253 g/mol. The van der Waals surface area contributed by atoms with Gasteiger partial charge in [-0.05, 0) is 31.9 Å². The molecule has 18 heavy (non-hydrogen) atoms. The van der Waals surface area contributed by atoms with Crippen LogP contribution in [-0.4, -0.2) is 19.1 Å². The fourth-order valence-electron chi connectivity index (χ4n) is 1.99. The molecule has 1 aromatic heterocycles. The molecule has 0 aromatic carbocycles. The van der Waals surface area contributed by atoms with Gasteiger partial charge < -0.3 is 14.5 Å². The smallest absolute Gasteiger partial charge is 0.373 e. The van der Waals surface area contributed by atoms with E-state index in [1.807, 2.05) is 13.0 Å². The van der Waals surface area contributed by atoms with E-state index in [1.54, 1.807) is 6.07 Å². The lowest BCUT2D eigenvalue weighted by Gasteiger charge is -2.20. The number of methoxy groups -OCH3 is 1. The number of carbonyl (C=O) groups excluding carboxylic acids is 1. The van der Waals surface area contributed by atoms with Crippen molar-refractivity contribution in [1.82, 2.24) is 5.32 Å². The summed E-state index contributed by atoms with van der Waals surface area (Å²) in [6.45, 7) is 6.39. The van der Waals surface area contributed by atoms with E-state index in [4.69, 9.17) is 4.42 Å². The van der Waals surface area contributed by atoms with Gasteiger partial charge in [0.05, 0.1) is 13.2 Å². The number of hydrogen-bond donors (Lipinski definition) is 1. The molecule has 102 valence electrons. The Bertz CT molecular complexity index is 373. The molecule has 0 radical (unpaired) electrons. The minimum absolute atomic E-state index is 0.0971. The molecule has 0 fully saturated rings. The predicted molar refractivity (Wildman–Crippen MR) is 70.6 cm³/mol. The molecule has 2 unspecified atom stereocenters. The molecule has 0 saturated carbocycles. The van der Waals surface area contributed by atoms with Gasteiger partial charge in [-0.15, -0.1) is 0 Å². The van der Waals surface area contributed by atoms with Gasteiger partial charge in [-0.1, -0.05) is 20.3 Å². The Morgan fingerprint density at radius 1 is 1.44 bits per heavy atom. The second-order valence-electron chi connectivity index (χ2n) is 4.48. The van der Waals surface area contributed by atoms with E-state index in [1.165, 1.54) is 7.11 Å². The van der Waals surface area contributed by atoms with Gasteiger partial charge in [0, 0.05) is 6.04 Å². The maximum Gasteiger partial charge on any atom is 0.373 e. The number of furan rings is 1. The Labute approximate surface area is 109 Å². The van der Waals surface area contributed by atoms with Crippen LogP contribution in [0, 0.1) is 0 Å². The summed E-state index contributed by atoms with van der Waals surface area (Å²) in [4.78, 5) is 11.3. The number of ether oxygens (including phenoxy) is 1. The lowest BCUT2D eigenvalue weighted by atomic mass is 10.1. The summed E-state index contributed by atoms with van der Waals surface area (Å²) in [6, 6.07) is 4.06. The zero-order valence-corrected chi connectivity index (χ0v) is 11.7. The van der Waals surface area contributed by atoms with Crippen molar-refractivity contribution in [3.05, 3.63) is 23.7 Å². The number of carbonyl (C=O) groups is 1. The fraction of sp³-hybridized carbons (Fsp3) is 0.643. The number of nitrogens with one attached hydrogen (secondary N) is 1. The quantitative estimate of drug-likeness (QED) is 0.757. The van der Waals surface area contributed by atoms with Crippen LogP contribution in [-0.2, 0) is 4.74 Å². The second-order valence-corrected chi connectivity index (χ2v) is 4.48. The van der Waals surface area contributed by atoms with E-state index in [0.717, 1.165) is 25.0 Å². The summed E-state index contributed by atoms with van der Waals surface area (Å²) in [7, 11) is 1.35. The highest BCUT2D eigenvalue weighted by molar-refractivity contribution is 5.86. The van der Waals surface area contributed by atoms with Gasteiger partial charge in [-0.3, -0.25) is 0 Å². The first kappa shape index (κ1) is 14.8. The van der Waals surface area contributed by atoms with Crippen molar-refractivity contribution in [2.75, 3.05) is 7.11 Å². The van der Waals surface area contributed by atoms with Crippen LogP contribution in [0.2, 0.25) is 0 Å². The number of esters is 1. The number of hydrogen-bond acceptors (Lipinski definition) is 4. The summed E-state index contributed by atoms with van der Waals surface area (Å²) >= 11 is 0. The molecular weight excluding hydrogens is 230 g/mol. The predicted octanol–water partition coefficient (Wildman–Crippen LogP) is 3.30. The van der Waals surface area contributed by atoms with Gasteiger partial charge >= 0.3 is 5.97 Å². The average Bonchev–Trinajstić information content (AvgIpc) is 2.86. The van der Waals surface area contributed by atoms with Crippen molar-refractivity contribution in [3.63, 3.8) is 0 Å². The summed E-state index contributed by atoms with van der Waals surface area (Å²) in [5.74, 6) is 0.587. The highest BCUT2D eigenvalue weighted by Crippen LogP contribution is 2.18. The van der Waals surface area contributed by atoms with Crippen LogP contribution in [0.5, 0.6) is 0 Å². The zero-order chi connectivity index (χ0) is 13.5. The monoisotopic (exact) mass is 253 g/mol. The molecule has 0 spiro atoms. The van der Waals surface area contributed by atoms with Crippen LogP contribution >= 0.6 is 0 Å². The van der Waals surface area contributed by atoms with Crippen molar-refractivity contribution >= 4 is 5.97 Å². The first-order valence-electron chi connectivity index (χ1n) is 6.56. The Morgan fingerprint density at radius 2 is 2.17 bits per heavy atom. The van der Waals surface area contributed by atoms with Crippen molar-refractivity contribution in [2.24, 2.45) is 0 Å². The minimum atomic E-state index is -0.436. The van der Waals surface area contributed by atoms with Crippen LogP contribution in [0.4, 0.5) is 0 Å². The maximum atomic E-state index is 11.3. The SMILES string of the molecule is CCCC(CC)NC(C)c1ccc(C(=O)OC)o1. The summed E-state index contributed by atoms with van der Waals surface area (Å²) in [5, 5.41) is 3.51. The molecular formula is C14H23NO3. The topological polar surface area (TPSA) is 51.5 Å². The lowest BCUT2D eigenvalue weighted by Crippen LogP contribution is -2.30. The van der Waals surface area contributed by atoms with Gasteiger partial charge in [-0.25, -0.2) is 4.79 Å². The first-order chi connectivity index (χ1) is 8.62. The van der Waals surface area contributed by atoms with Crippen LogP contribution < -0.4 is 5.32 Å². The molecule has 1 aromatic rings. The molecule has 0 bridgehead atoms. The van der Waals surface area contributed by atoms with Crippen molar-refractivity contribution in [3.8, 4) is 0 Å². The second kappa shape index (κ2) is 7.21. The maximum absolute atomic E-state index is 11.3. The Hall–Kier alpha value is -1.29. The molecule has 4 heteroatoms. The van der Waals surface area contributed by atoms with Crippen LogP contribution in [0.25, 0.3) is 0 Å². The number of rotatable bonds is 7. The zero-order valence-electron chi connectivity index (χ0n) is 11.7. The van der Waals surface area contributed by atoms with E-state index >= 15 is 0 Å². The van der Waals surface area contributed by atoms with Crippen LogP contribution in [0.3, 0.4) is 0 Å². The van der Waals surface area contributed by atoms with Crippen LogP contribution in [0.15, 0.2) is 16.5 Å². The molecule has 4 nitrogen and oxygen atoms in total. The molecule has 2 atom stereocenters. The fourth-order valence-corrected chi connectivity index (χ4v) is 1.99. The van der Waals surface area contributed by atoms with Gasteiger partial charge in [0.1, 0.15) is 5.76 Å². The van der Waals surface area contributed by atoms with E-state index in [2.05, 4.69) is 23.9 Å². The summed E-state index contributed by atoms with van der Waals surface area (Å²) < 4.78 is 10.1. The minimum Gasteiger partial charge on any atom is -0.463 e. The van der Waals surface area contributed by atoms with Crippen molar-refractivity contribution in [2.45, 2.75) is 52.1 Å². The highest BCUT2D eigenvalue weighted by Gasteiger charge is 2.17. The van der Waals surface area contributed by atoms with Gasteiger partial charge in [-0.2, -0.15) is 0 Å². The molecule has 0 aliphatic rings. The highest BCUT2D eigenvalue weighted by atomic mass is 16.5. The molecule has 0 amide bonds. The Morgan fingerprint density at radius 3 is 2.72 bits per heavy atom. The van der Waals surface area contributed by atoms with E-state index in [9.17, 15) is 4.79 Å². The Balaban J connectivity index is 2.63. The molecule has 1 N–H and O–H groups in total. The molecule has 0 saturated heterocycles. The lowest BCUT2D eigenvalue weighted by molar-refractivity contribution is 0.0562. The van der Waals surface area contributed by atoms with Crippen LogP contribution in [0.1, 0.15) is 62.4 Å². The normalized spacial score (nSPS) is 14.2. The molecule has 0 aliphatic heterocycles. The van der Waals surface area contributed by atoms with Crippen molar-refractivity contribution in [1.29, 1.82) is 0 Å².